The molecule has 0 spiro atoms. The lowest BCUT2D eigenvalue weighted by atomic mass is 9.44. The van der Waals surface area contributed by atoms with Crippen LogP contribution in [0.4, 0.5) is 0 Å². The summed E-state index contributed by atoms with van der Waals surface area (Å²) in [5, 5.41) is 10.5. The van der Waals surface area contributed by atoms with Gasteiger partial charge in [-0.2, -0.15) is 0 Å². The molecule has 1 heteroatoms. The topological polar surface area (TPSA) is 20.2 Å². The van der Waals surface area contributed by atoms with E-state index in [9.17, 15) is 5.11 Å². The van der Waals surface area contributed by atoms with E-state index in [1.165, 1.54) is 56.9 Å². The van der Waals surface area contributed by atoms with Crippen LogP contribution in [0.2, 0.25) is 0 Å². The molecule has 0 aliphatic heterocycles. The molecule has 4 aliphatic carbocycles. The van der Waals surface area contributed by atoms with Gasteiger partial charge in [0.1, 0.15) is 0 Å². The van der Waals surface area contributed by atoms with Crippen molar-refractivity contribution >= 4 is 0 Å². The van der Waals surface area contributed by atoms with Gasteiger partial charge in [-0.1, -0.05) is 45.1 Å². The third kappa shape index (κ3) is 3.34. The molecule has 0 radical (unpaired) electrons. The van der Waals surface area contributed by atoms with E-state index in [4.69, 9.17) is 0 Å². The van der Waals surface area contributed by atoms with Gasteiger partial charge in [-0.25, -0.2) is 0 Å². The maximum absolute atomic E-state index is 10.5. The molecule has 1 nitrogen and oxygen atoms in total. The molecule has 28 heavy (non-hydrogen) atoms. The second-order valence-corrected chi connectivity index (χ2v) is 11.8. The number of hydrogen-bond acceptors (Lipinski definition) is 1. The zero-order valence-electron chi connectivity index (χ0n) is 18.9. The van der Waals surface area contributed by atoms with Gasteiger partial charge in [-0.05, 0) is 117 Å². The summed E-state index contributed by atoms with van der Waals surface area (Å²) in [5.41, 5.74) is 2.13. The third-order valence-electron chi connectivity index (χ3n) is 10.3. The Kier molecular flexibility index (Phi) is 5.62. The summed E-state index contributed by atoms with van der Waals surface area (Å²) in [5.74, 6) is 5.27. The van der Waals surface area contributed by atoms with Crippen LogP contribution < -0.4 is 0 Å². The van der Waals surface area contributed by atoms with Crippen LogP contribution in [-0.4, -0.2) is 11.2 Å². The first kappa shape index (κ1) is 20.7. The van der Waals surface area contributed by atoms with Crippen molar-refractivity contribution in [2.75, 3.05) is 0 Å². The van der Waals surface area contributed by atoms with Crippen LogP contribution in [0.1, 0.15) is 91.9 Å². The smallest absolute Gasteiger partial charge is 0.0545 e. The molecule has 0 aromatic rings. The Morgan fingerprint density at radius 2 is 1.75 bits per heavy atom. The quantitative estimate of drug-likeness (QED) is 0.510. The Hall–Kier alpha value is -0.560. The van der Waals surface area contributed by atoms with Gasteiger partial charge in [0.2, 0.25) is 0 Å². The average Bonchev–Trinajstić information content (AvgIpc) is 2.98. The molecule has 0 saturated heterocycles. The normalized spacial score (nSPS) is 49.3. The first-order chi connectivity index (χ1) is 13.3. The van der Waals surface area contributed by atoms with Crippen LogP contribution >= 0.6 is 0 Å². The van der Waals surface area contributed by atoms with E-state index in [1.54, 1.807) is 0 Å². The van der Waals surface area contributed by atoms with Crippen LogP contribution in [0.5, 0.6) is 0 Å². The fourth-order valence-corrected chi connectivity index (χ4v) is 8.95. The van der Waals surface area contributed by atoms with Crippen LogP contribution in [0, 0.1) is 46.3 Å². The highest BCUT2D eigenvalue weighted by atomic mass is 16.3. The number of hydrogen-bond donors (Lipinski definition) is 1. The molecule has 158 valence electrons. The summed E-state index contributed by atoms with van der Waals surface area (Å²) < 4.78 is 0. The van der Waals surface area contributed by atoms with Crippen LogP contribution in [0.15, 0.2) is 24.3 Å². The van der Waals surface area contributed by atoms with Crippen LogP contribution in [0.3, 0.4) is 0 Å². The molecule has 0 aromatic carbocycles. The lowest BCUT2D eigenvalue weighted by Gasteiger charge is -2.61. The van der Waals surface area contributed by atoms with Crippen molar-refractivity contribution in [3.63, 3.8) is 0 Å². The average molecular weight is 385 g/mol. The Morgan fingerprint density at radius 3 is 2.50 bits per heavy atom. The van der Waals surface area contributed by atoms with E-state index in [-0.39, 0.29) is 6.10 Å². The summed E-state index contributed by atoms with van der Waals surface area (Å²) in [6.45, 7) is 13.8. The van der Waals surface area contributed by atoms with Crippen molar-refractivity contribution in [3.05, 3.63) is 24.3 Å². The van der Waals surface area contributed by atoms with Gasteiger partial charge < -0.3 is 5.11 Å². The standard InChI is InChI=1S/C27H44O/c1-18(2)7-6-8-19(3)23-13-14-24-22-12-10-20-9-11-21(28)17-27(20,5)25(22)15-16-26(23,24)4/h6-7,19-25,28H,1,8-17H2,2-5H3/t19-,20?,21?,22+,23-,24+,25+,26-,27+/m1/s1. The number of aliphatic hydroxyl groups excluding tert-OH is 1. The highest BCUT2D eigenvalue weighted by Crippen LogP contribution is 2.68. The molecule has 4 fully saturated rings. The first-order valence-corrected chi connectivity index (χ1v) is 12.3. The van der Waals surface area contributed by atoms with Crippen LogP contribution in [0.25, 0.3) is 0 Å². The van der Waals surface area contributed by atoms with E-state index >= 15 is 0 Å². The molecular weight excluding hydrogens is 340 g/mol. The lowest BCUT2D eigenvalue weighted by Crippen LogP contribution is -2.54. The number of allylic oxidation sites excluding steroid dienone is 3. The molecule has 0 amide bonds. The monoisotopic (exact) mass is 384 g/mol. The minimum absolute atomic E-state index is 0.0373. The SMILES string of the molecule is C=C(C)C=CC[C@@H](C)[C@H]1CC[C@H]2[C@@H]3CCC4CCC(O)C[C@]4(C)[C@H]3CC[C@]12C. The van der Waals surface area contributed by atoms with Crippen molar-refractivity contribution in [2.45, 2.75) is 98.0 Å². The highest BCUT2D eigenvalue weighted by Gasteiger charge is 2.60. The molecule has 9 atom stereocenters. The lowest BCUT2D eigenvalue weighted by molar-refractivity contribution is -0.132. The van der Waals surface area contributed by atoms with Crippen molar-refractivity contribution in [1.29, 1.82) is 0 Å². The Bertz CT molecular complexity index is 620. The van der Waals surface area contributed by atoms with E-state index in [2.05, 4.69) is 46.4 Å². The second kappa shape index (κ2) is 7.60. The molecule has 1 N–H and O–H groups in total. The summed E-state index contributed by atoms with van der Waals surface area (Å²) in [6, 6.07) is 0. The van der Waals surface area contributed by atoms with Gasteiger partial charge in [-0.15, -0.1) is 0 Å². The van der Waals surface area contributed by atoms with E-state index in [0.717, 1.165) is 48.3 Å². The van der Waals surface area contributed by atoms with Crippen molar-refractivity contribution in [1.82, 2.24) is 0 Å². The van der Waals surface area contributed by atoms with Crippen LogP contribution in [-0.2, 0) is 0 Å². The molecule has 0 aromatic heterocycles. The van der Waals surface area contributed by atoms with Crippen molar-refractivity contribution < 1.29 is 5.11 Å². The van der Waals surface area contributed by atoms with Crippen molar-refractivity contribution in [2.24, 2.45) is 46.3 Å². The maximum Gasteiger partial charge on any atom is 0.0545 e. The Labute approximate surface area is 174 Å². The molecule has 4 aliphatic rings. The van der Waals surface area contributed by atoms with Gasteiger partial charge in [0.15, 0.2) is 0 Å². The van der Waals surface area contributed by atoms with E-state index < -0.39 is 0 Å². The van der Waals surface area contributed by atoms with E-state index in [1.807, 2.05) is 0 Å². The number of fused-ring (bicyclic) bond motifs is 5. The van der Waals surface area contributed by atoms with Gasteiger partial charge in [0.25, 0.3) is 0 Å². The predicted octanol–water partition coefficient (Wildman–Crippen LogP) is 7.16. The molecule has 0 heterocycles. The largest absolute Gasteiger partial charge is 0.393 e. The minimum Gasteiger partial charge on any atom is -0.393 e. The summed E-state index contributed by atoms with van der Waals surface area (Å²) in [7, 11) is 0. The molecular formula is C27H44O. The molecule has 4 saturated carbocycles. The van der Waals surface area contributed by atoms with Gasteiger partial charge >= 0.3 is 0 Å². The van der Waals surface area contributed by atoms with Crippen molar-refractivity contribution in [3.8, 4) is 0 Å². The summed E-state index contributed by atoms with van der Waals surface area (Å²) >= 11 is 0. The Balaban J connectivity index is 1.51. The zero-order chi connectivity index (χ0) is 20.1. The van der Waals surface area contributed by atoms with Gasteiger partial charge in [-0.3, -0.25) is 0 Å². The van der Waals surface area contributed by atoms with Gasteiger partial charge in [0, 0.05) is 0 Å². The minimum atomic E-state index is -0.0373. The fraction of sp³-hybridized carbons (Fsp3) is 0.852. The molecule has 0 bridgehead atoms. The first-order valence-electron chi connectivity index (χ1n) is 12.3. The Morgan fingerprint density at radius 1 is 1.04 bits per heavy atom. The maximum atomic E-state index is 10.5. The fourth-order valence-electron chi connectivity index (χ4n) is 8.95. The van der Waals surface area contributed by atoms with E-state index in [0.29, 0.717) is 10.8 Å². The second-order valence-electron chi connectivity index (χ2n) is 11.8. The molecule has 4 rings (SSSR count). The highest BCUT2D eigenvalue weighted by molar-refractivity contribution is 5.13. The summed E-state index contributed by atoms with van der Waals surface area (Å²) in [4.78, 5) is 0. The zero-order valence-corrected chi connectivity index (χ0v) is 18.9. The summed E-state index contributed by atoms with van der Waals surface area (Å²) in [6.07, 6.45) is 17.8. The van der Waals surface area contributed by atoms with Gasteiger partial charge in [0.05, 0.1) is 6.10 Å². The third-order valence-corrected chi connectivity index (χ3v) is 10.3. The number of rotatable bonds is 4. The molecule has 2 unspecified atom stereocenters. The number of aliphatic hydroxyl groups is 1. The predicted molar refractivity (Wildman–Crippen MR) is 119 cm³/mol.